The molecule has 0 aliphatic carbocycles. The standard InChI is InChI=1S/C13H20N2O2/c1-15(14)12(9-6-10-13(16)17-2)11-7-4-3-5-8-11/h3-5,7-8,12H,6,9-10,14H2,1-2H3. The van der Waals surface area contributed by atoms with E-state index >= 15 is 0 Å². The maximum Gasteiger partial charge on any atom is 0.305 e. The van der Waals surface area contributed by atoms with Gasteiger partial charge in [-0.15, -0.1) is 0 Å². The Labute approximate surface area is 102 Å². The lowest BCUT2D eigenvalue weighted by Gasteiger charge is -2.24. The number of nitrogens with two attached hydrogens (primary N) is 1. The first-order valence-corrected chi connectivity index (χ1v) is 5.74. The molecule has 1 aromatic carbocycles. The second kappa shape index (κ2) is 7.04. The van der Waals surface area contributed by atoms with Crippen molar-refractivity contribution in [1.82, 2.24) is 5.01 Å². The van der Waals surface area contributed by atoms with E-state index in [2.05, 4.69) is 4.74 Å². The van der Waals surface area contributed by atoms with Crippen LogP contribution in [0.2, 0.25) is 0 Å². The first-order chi connectivity index (χ1) is 8.15. The first-order valence-electron chi connectivity index (χ1n) is 5.74. The lowest BCUT2D eigenvalue weighted by atomic mass is 10.0. The number of esters is 1. The monoisotopic (exact) mass is 236 g/mol. The lowest BCUT2D eigenvalue weighted by Crippen LogP contribution is -2.31. The van der Waals surface area contributed by atoms with Crippen LogP contribution in [0.5, 0.6) is 0 Å². The molecule has 4 nitrogen and oxygen atoms in total. The molecule has 0 heterocycles. The van der Waals surface area contributed by atoms with Gasteiger partial charge in [0, 0.05) is 19.5 Å². The van der Waals surface area contributed by atoms with Gasteiger partial charge >= 0.3 is 5.97 Å². The third-order valence-corrected chi connectivity index (χ3v) is 2.76. The van der Waals surface area contributed by atoms with Gasteiger partial charge in [-0.05, 0) is 18.4 Å². The summed E-state index contributed by atoms with van der Waals surface area (Å²) in [7, 11) is 3.25. The smallest absolute Gasteiger partial charge is 0.305 e. The average molecular weight is 236 g/mol. The van der Waals surface area contributed by atoms with Crippen molar-refractivity contribution in [2.45, 2.75) is 25.3 Å². The molecule has 0 bridgehead atoms. The van der Waals surface area contributed by atoms with Gasteiger partial charge in [0.15, 0.2) is 0 Å². The van der Waals surface area contributed by atoms with Crippen molar-refractivity contribution in [3.8, 4) is 0 Å². The molecule has 0 aliphatic heterocycles. The van der Waals surface area contributed by atoms with Gasteiger partial charge < -0.3 is 4.74 Å². The van der Waals surface area contributed by atoms with E-state index in [1.807, 2.05) is 37.4 Å². The minimum atomic E-state index is -0.170. The van der Waals surface area contributed by atoms with Crippen LogP contribution in [-0.4, -0.2) is 25.1 Å². The molecule has 1 aromatic rings. The van der Waals surface area contributed by atoms with E-state index in [1.165, 1.54) is 12.7 Å². The Morgan fingerprint density at radius 3 is 2.59 bits per heavy atom. The van der Waals surface area contributed by atoms with Crippen LogP contribution in [0.3, 0.4) is 0 Å². The topological polar surface area (TPSA) is 55.6 Å². The number of ether oxygens (including phenoxy) is 1. The normalized spacial score (nSPS) is 12.5. The first kappa shape index (κ1) is 13.7. The molecule has 1 rings (SSSR count). The molecule has 0 fully saturated rings. The summed E-state index contributed by atoms with van der Waals surface area (Å²) in [6, 6.07) is 10.2. The quantitative estimate of drug-likeness (QED) is 0.465. The Bertz CT molecular complexity index is 339. The summed E-state index contributed by atoms with van der Waals surface area (Å²) in [5, 5.41) is 1.69. The van der Waals surface area contributed by atoms with Crippen LogP contribution in [0, 0.1) is 0 Å². The zero-order valence-electron chi connectivity index (χ0n) is 10.4. The zero-order valence-corrected chi connectivity index (χ0v) is 10.4. The van der Waals surface area contributed by atoms with Gasteiger partial charge in [0.25, 0.3) is 0 Å². The Hall–Kier alpha value is -1.39. The fourth-order valence-electron chi connectivity index (χ4n) is 1.82. The van der Waals surface area contributed by atoms with E-state index in [1.54, 1.807) is 5.01 Å². The largest absolute Gasteiger partial charge is 0.469 e. The van der Waals surface area contributed by atoms with Crippen molar-refractivity contribution in [3.63, 3.8) is 0 Å². The molecule has 4 heteroatoms. The Kier molecular flexibility index (Phi) is 5.66. The average Bonchev–Trinajstić information content (AvgIpc) is 2.34. The molecule has 17 heavy (non-hydrogen) atoms. The van der Waals surface area contributed by atoms with Crippen molar-refractivity contribution < 1.29 is 9.53 Å². The highest BCUT2D eigenvalue weighted by Gasteiger charge is 2.14. The summed E-state index contributed by atoms with van der Waals surface area (Å²) >= 11 is 0. The number of nitrogens with zero attached hydrogens (tertiary/aromatic N) is 1. The maximum absolute atomic E-state index is 11.0. The SMILES string of the molecule is COC(=O)CCCC(c1ccccc1)N(C)N. The van der Waals surface area contributed by atoms with Crippen LogP contribution in [-0.2, 0) is 9.53 Å². The summed E-state index contributed by atoms with van der Waals surface area (Å²) < 4.78 is 4.61. The van der Waals surface area contributed by atoms with Crippen molar-refractivity contribution in [2.24, 2.45) is 5.84 Å². The molecule has 1 unspecified atom stereocenters. The molecule has 0 saturated heterocycles. The second-order valence-electron chi connectivity index (χ2n) is 4.06. The third-order valence-electron chi connectivity index (χ3n) is 2.76. The molecule has 0 spiro atoms. The van der Waals surface area contributed by atoms with Crippen molar-refractivity contribution in [1.29, 1.82) is 0 Å². The van der Waals surface area contributed by atoms with Crippen LogP contribution < -0.4 is 5.84 Å². The highest BCUT2D eigenvalue weighted by molar-refractivity contribution is 5.68. The van der Waals surface area contributed by atoms with Crippen LogP contribution in [0.1, 0.15) is 30.9 Å². The van der Waals surface area contributed by atoms with E-state index in [0.29, 0.717) is 6.42 Å². The molecule has 1 atom stereocenters. The van der Waals surface area contributed by atoms with Gasteiger partial charge in [0.1, 0.15) is 0 Å². The Balaban J connectivity index is 2.53. The van der Waals surface area contributed by atoms with E-state index < -0.39 is 0 Å². The molecule has 0 amide bonds. The molecule has 0 radical (unpaired) electrons. The number of hydrogen-bond donors (Lipinski definition) is 1. The summed E-state index contributed by atoms with van der Waals surface area (Å²) in [5.74, 6) is 5.67. The molecular weight excluding hydrogens is 216 g/mol. The molecular formula is C13H20N2O2. The maximum atomic E-state index is 11.0. The second-order valence-corrected chi connectivity index (χ2v) is 4.06. The predicted octanol–water partition coefficient (Wildman–Crippen LogP) is 1.88. The van der Waals surface area contributed by atoms with E-state index in [4.69, 9.17) is 5.84 Å². The highest BCUT2D eigenvalue weighted by atomic mass is 16.5. The number of hydrogen-bond acceptors (Lipinski definition) is 4. The van der Waals surface area contributed by atoms with Crippen LogP contribution in [0.4, 0.5) is 0 Å². The number of benzene rings is 1. The minimum absolute atomic E-state index is 0.140. The Morgan fingerprint density at radius 2 is 2.06 bits per heavy atom. The highest BCUT2D eigenvalue weighted by Crippen LogP contribution is 2.22. The van der Waals surface area contributed by atoms with E-state index in [0.717, 1.165) is 12.8 Å². The fourth-order valence-corrected chi connectivity index (χ4v) is 1.82. The van der Waals surface area contributed by atoms with Crippen molar-refractivity contribution in [3.05, 3.63) is 35.9 Å². The fraction of sp³-hybridized carbons (Fsp3) is 0.462. The number of hydrazine groups is 1. The van der Waals surface area contributed by atoms with Gasteiger partial charge in [0.2, 0.25) is 0 Å². The molecule has 2 N–H and O–H groups in total. The van der Waals surface area contributed by atoms with Crippen molar-refractivity contribution >= 4 is 5.97 Å². The lowest BCUT2D eigenvalue weighted by molar-refractivity contribution is -0.140. The zero-order chi connectivity index (χ0) is 12.7. The van der Waals surface area contributed by atoms with Gasteiger partial charge in [0.05, 0.1) is 7.11 Å². The van der Waals surface area contributed by atoms with E-state index in [9.17, 15) is 4.79 Å². The number of carbonyl (C=O) groups excluding carboxylic acids is 1. The number of rotatable bonds is 6. The number of methoxy groups -OCH3 is 1. The summed E-state index contributed by atoms with van der Waals surface area (Å²) in [5.41, 5.74) is 1.17. The predicted molar refractivity (Wildman–Crippen MR) is 67.0 cm³/mol. The Morgan fingerprint density at radius 1 is 1.41 bits per heavy atom. The molecule has 0 saturated carbocycles. The van der Waals surface area contributed by atoms with Gasteiger partial charge in [-0.1, -0.05) is 30.3 Å². The van der Waals surface area contributed by atoms with Gasteiger partial charge in [-0.25, -0.2) is 5.01 Å². The van der Waals surface area contributed by atoms with Crippen LogP contribution in [0.25, 0.3) is 0 Å². The molecule has 0 aromatic heterocycles. The molecule has 0 aliphatic rings. The van der Waals surface area contributed by atoms with Gasteiger partial charge in [-0.3, -0.25) is 10.6 Å². The van der Waals surface area contributed by atoms with Crippen LogP contribution >= 0.6 is 0 Å². The number of carbonyl (C=O) groups is 1. The molecule has 94 valence electrons. The van der Waals surface area contributed by atoms with Crippen molar-refractivity contribution in [2.75, 3.05) is 14.2 Å². The summed E-state index contributed by atoms with van der Waals surface area (Å²) in [4.78, 5) is 11.0. The van der Waals surface area contributed by atoms with Crippen LogP contribution in [0.15, 0.2) is 30.3 Å². The summed E-state index contributed by atoms with van der Waals surface area (Å²) in [6.07, 6.45) is 2.05. The summed E-state index contributed by atoms with van der Waals surface area (Å²) in [6.45, 7) is 0. The third kappa shape index (κ3) is 4.54. The minimum Gasteiger partial charge on any atom is -0.469 e. The van der Waals surface area contributed by atoms with E-state index in [-0.39, 0.29) is 12.0 Å². The van der Waals surface area contributed by atoms with Gasteiger partial charge in [-0.2, -0.15) is 0 Å².